The van der Waals surface area contributed by atoms with Crippen LogP contribution in [0.5, 0.6) is 11.5 Å². The second-order valence-corrected chi connectivity index (χ2v) is 5.01. The highest BCUT2D eigenvalue weighted by atomic mass is 35.5. The van der Waals surface area contributed by atoms with E-state index in [4.69, 9.17) is 21.1 Å². The van der Waals surface area contributed by atoms with Crippen molar-refractivity contribution in [1.82, 2.24) is 9.97 Å². The zero-order valence-corrected chi connectivity index (χ0v) is 12.9. The molecule has 5 nitrogen and oxygen atoms in total. The van der Waals surface area contributed by atoms with Gasteiger partial charge in [0.2, 0.25) is 0 Å². The quantitative estimate of drug-likeness (QED) is 0.787. The van der Waals surface area contributed by atoms with E-state index in [-0.39, 0.29) is 0 Å². The van der Waals surface area contributed by atoms with Crippen molar-refractivity contribution in [2.75, 3.05) is 19.5 Å². The lowest BCUT2D eigenvalue weighted by Gasteiger charge is -2.12. The second kappa shape index (κ2) is 6.07. The smallest absolute Gasteiger partial charge is 0.162 e. The van der Waals surface area contributed by atoms with Crippen LogP contribution in [0.25, 0.3) is 10.9 Å². The molecule has 3 rings (SSSR count). The average Bonchev–Trinajstić information content (AvgIpc) is 2.55. The van der Waals surface area contributed by atoms with E-state index in [1.807, 2.05) is 30.3 Å². The molecule has 22 heavy (non-hydrogen) atoms. The molecule has 0 radical (unpaired) electrons. The van der Waals surface area contributed by atoms with Gasteiger partial charge in [0.1, 0.15) is 12.1 Å². The highest BCUT2D eigenvalue weighted by Crippen LogP contribution is 2.32. The van der Waals surface area contributed by atoms with Crippen molar-refractivity contribution in [3.8, 4) is 11.5 Å². The van der Waals surface area contributed by atoms with Gasteiger partial charge in [-0.1, -0.05) is 11.6 Å². The zero-order chi connectivity index (χ0) is 15.5. The van der Waals surface area contributed by atoms with Gasteiger partial charge < -0.3 is 14.8 Å². The van der Waals surface area contributed by atoms with Gasteiger partial charge in [-0.05, 0) is 30.3 Å². The number of benzene rings is 2. The van der Waals surface area contributed by atoms with Gasteiger partial charge in [0, 0.05) is 22.2 Å². The summed E-state index contributed by atoms with van der Waals surface area (Å²) in [6.45, 7) is 0. The molecule has 0 spiro atoms. The molecule has 0 aliphatic rings. The molecule has 1 N–H and O–H groups in total. The monoisotopic (exact) mass is 315 g/mol. The third kappa shape index (κ3) is 2.76. The van der Waals surface area contributed by atoms with Crippen LogP contribution < -0.4 is 14.8 Å². The largest absolute Gasteiger partial charge is 0.493 e. The van der Waals surface area contributed by atoms with Gasteiger partial charge in [-0.2, -0.15) is 0 Å². The minimum Gasteiger partial charge on any atom is -0.493 e. The number of ether oxygens (including phenoxy) is 2. The van der Waals surface area contributed by atoms with Crippen LogP contribution in [0.1, 0.15) is 0 Å². The Bertz CT molecular complexity index is 824. The van der Waals surface area contributed by atoms with Crippen molar-refractivity contribution in [3.63, 3.8) is 0 Å². The van der Waals surface area contributed by atoms with Crippen LogP contribution >= 0.6 is 11.6 Å². The van der Waals surface area contributed by atoms with E-state index in [1.54, 1.807) is 20.3 Å². The maximum Gasteiger partial charge on any atom is 0.162 e. The summed E-state index contributed by atoms with van der Waals surface area (Å²) in [7, 11) is 3.20. The summed E-state index contributed by atoms with van der Waals surface area (Å²) in [6, 6.07) is 11.1. The summed E-state index contributed by atoms with van der Waals surface area (Å²) < 4.78 is 10.5. The predicted molar refractivity (Wildman–Crippen MR) is 87.4 cm³/mol. The molecule has 0 amide bonds. The van der Waals surface area contributed by atoms with E-state index < -0.39 is 0 Å². The van der Waals surface area contributed by atoms with Gasteiger partial charge in [0.05, 0.1) is 19.7 Å². The standard InChI is InChI=1S/C16H14ClN3O2/c1-21-14-6-4-11(8-15(14)22-2)20-16-12-7-10(17)3-5-13(12)18-9-19-16/h3-9H,1-2H3,(H,18,19,20). The number of anilines is 2. The molecule has 0 bridgehead atoms. The predicted octanol–water partition coefficient (Wildman–Crippen LogP) is 4.04. The summed E-state index contributed by atoms with van der Waals surface area (Å²) in [5, 5.41) is 4.74. The van der Waals surface area contributed by atoms with E-state index in [9.17, 15) is 0 Å². The number of hydrogen-bond acceptors (Lipinski definition) is 5. The Morgan fingerprint density at radius 2 is 1.77 bits per heavy atom. The zero-order valence-electron chi connectivity index (χ0n) is 12.1. The van der Waals surface area contributed by atoms with Crippen molar-refractivity contribution in [2.45, 2.75) is 0 Å². The molecule has 0 aliphatic heterocycles. The van der Waals surface area contributed by atoms with Crippen molar-refractivity contribution >= 4 is 34.0 Å². The summed E-state index contributed by atoms with van der Waals surface area (Å²) in [6.07, 6.45) is 1.51. The van der Waals surface area contributed by atoms with Gasteiger partial charge in [0.15, 0.2) is 11.5 Å². The number of fused-ring (bicyclic) bond motifs is 1. The Morgan fingerprint density at radius 3 is 2.55 bits per heavy atom. The van der Waals surface area contributed by atoms with Crippen molar-refractivity contribution < 1.29 is 9.47 Å². The molecule has 112 valence electrons. The van der Waals surface area contributed by atoms with Crippen molar-refractivity contribution in [2.24, 2.45) is 0 Å². The fourth-order valence-corrected chi connectivity index (χ4v) is 2.35. The fourth-order valence-electron chi connectivity index (χ4n) is 2.18. The molecule has 1 aromatic heterocycles. The third-order valence-electron chi connectivity index (χ3n) is 3.24. The van der Waals surface area contributed by atoms with Gasteiger partial charge in [-0.25, -0.2) is 9.97 Å². The number of hydrogen-bond donors (Lipinski definition) is 1. The third-order valence-corrected chi connectivity index (χ3v) is 3.48. The molecule has 0 aliphatic carbocycles. The Kier molecular flexibility index (Phi) is 3.98. The molecule has 0 unspecified atom stereocenters. The number of nitrogens with zero attached hydrogens (tertiary/aromatic N) is 2. The lowest BCUT2D eigenvalue weighted by Crippen LogP contribution is -1.97. The first-order chi connectivity index (χ1) is 10.7. The van der Waals surface area contributed by atoms with Crippen LogP contribution in [-0.2, 0) is 0 Å². The van der Waals surface area contributed by atoms with E-state index in [0.29, 0.717) is 22.3 Å². The maximum atomic E-state index is 6.06. The van der Waals surface area contributed by atoms with Crippen LogP contribution in [0.4, 0.5) is 11.5 Å². The molecule has 6 heteroatoms. The SMILES string of the molecule is COc1ccc(Nc2ncnc3ccc(Cl)cc23)cc1OC. The first kappa shape index (κ1) is 14.4. The molecule has 0 atom stereocenters. The summed E-state index contributed by atoms with van der Waals surface area (Å²) in [5.74, 6) is 1.99. The summed E-state index contributed by atoms with van der Waals surface area (Å²) in [5.41, 5.74) is 1.65. The van der Waals surface area contributed by atoms with Crippen LogP contribution in [-0.4, -0.2) is 24.2 Å². The number of methoxy groups -OCH3 is 2. The van der Waals surface area contributed by atoms with E-state index in [2.05, 4.69) is 15.3 Å². The Labute approximate surface area is 132 Å². The van der Waals surface area contributed by atoms with Crippen LogP contribution in [0.3, 0.4) is 0 Å². The normalized spacial score (nSPS) is 10.5. The molecule has 2 aromatic carbocycles. The van der Waals surface area contributed by atoms with Crippen LogP contribution in [0, 0.1) is 0 Å². The minimum atomic E-state index is 0.637. The van der Waals surface area contributed by atoms with Crippen molar-refractivity contribution in [3.05, 3.63) is 47.7 Å². The minimum absolute atomic E-state index is 0.637. The van der Waals surface area contributed by atoms with E-state index >= 15 is 0 Å². The fraction of sp³-hybridized carbons (Fsp3) is 0.125. The van der Waals surface area contributed by atoms with Crippen LogP contribution in [0.2, 0.25) is 5.02 Å². The summed E-state index contributed by atoms with van der Waals surface area (Å²) >= 11 is 6.06. The van der Waals surface area contributed by atoms with Gasteiger partial charge in [-0.15, -0.1) is 0 Å². The molecule has 0 fully saturated rings. The highest BCUT2D eigenvalue weighted by Gasteiger charge is 2.08. The number of rotatable bonds is 4. The molecular formula is C16H14ClN3O2. The topological polar surface area (TPSA) is 56.3 Å². The Morgan fingerprint density at radius 1 is 0.955 bits per heavy atom. The second-order valence-electron chi connectivity index (χ2n) is 4.58. The molecular weight excluding hydrogens is 302 g/mol. The van der Waals surface area contributed by atoms with Gasteiger partial charge in [-0.3, -0.25) is 0 Å². The first-order valence-corrected chi connectivity index (χ1v) is 6.98. The van der Waals surface area contributed by atoms with Crippen molar-refractivity contribution in [1.29, 1.82) is 0 Å². The summed E-state index contributed by atoms with van der Waals surface area (Å²) in [4.78, 5) is 8.52. The maximum absolute atomic E-state index is 6.06. The van der Waals surface area contributed by atoms with E-state index in [0.717, 1.165) is 16.6 Å². The van der Waals surface area contributed by atoms with Gasteiger partial charge >= 0.3 is 0 Å². The lowest BCUT2D eigenvalue weighted by atomic mass is 10.2. The number of nitrogens with one attached hydrogen (secondary N) is 1. The Balaban J connectivity index is 2.01. The molecule has 0 saturated carbocycles. The molecule has 0 saturated heterocycles. The average molecular weight is 316 g/mol. The van der Waals surface area contributed by atoms with Crippen LogP contribution in [0.15, 0.2) is 42.7 Å². The number of aromatic nitrogens is 2. The lowest BCUT2D eigenvalue weighted by molar-refractivity contribution is 0.355. The molecule has 3 aromatic rings. The Hall–Kier alpha value is -2.53. The highest BCUT2D eigenvalue weighted by molar-refractivity contribution is 6.31. The van der Waals surface area contributed by atoms with E-state index in [1.165, 1.54) is 6.33 Å². The van der Waals surface area contributed by atoms with Gasteiger partial charge in [0.25, 0.3) is 0 Å². The molecule has 1 heterocycles. The number of halogens is 1. The first-order valence-electron chi connectivity index (χ1n) is 6.60.